The molecule has 0 fully saturated rings. The molecule has 0 radical (unpaired) electrons. The van der Waals surface area contributed by atoms with Gasteiger partial charge >= 0.3 is 0 Å². The summed E-state index contributed by atoms with van der Waals surface area (Å²) in [5.74, 6) is 0.899. The second-order valence-corrected chi connectivity index (χ2v) is 6.30. The smallest absolute Gasteiger partial charge is 0.234 e. The predicted molar refractivity (Wildman–Crippen MR) is 94.4 cm³/mol. The van der Waals surface area contributed by atoms with E-state index in [0.29, 0.717) is 5.82 Å². The maximum absolute atomic E-state index is 12.0. The molecular formula is C17H17N5OS. The molecule has 122 valence electrons. The first-order valence-corrected chi connectivity index (χ1v) is 8.43. The number of carbonyl (C=O) groups is 1. The number of nitrogens with one attached hydrogen (secondary N) is 1. The van der Waals surface area contributed by atoms with Gasteiger partial charge in [-0.05, 0) is 32.0 Å². The molecule has 0 bridgehead atoms. The molecule has 0 aliphatic rings. The SMILES string of the molecule is Cc1ccc(NC(=O)CSc2cc(-n3nccc3C)ncn2)cc1. The van der Waals surface area contributed by atoms with E-state index >= 15 is 0 Å². The number of amides is 1. The second kappa shape index (κ2) is 7.27. The molecular weight excluding hydrogens is 322 g/mol. The van der Waals surface area contributed by atoms with Crippen LogP contribution in [0.5, 0.6) is 0 Å². The molecule has 0 aliphatic heterocycles. The average Bonchev–Trinajstić information content (AvgIpc) is 3.01. The average molecular weight is 339 g/mol. The zero-order valence-electron chi connectivity index (χ0n) is 13.4. The number of aryl methyl sites for hydroxylation is 2. The largest absolute Gasteiger partial charge is 0.325 e. The minimum Gasteiger partial charge on any atom is -0.325 e. The van der Waals surface area contributed by atoms with Gasteiger partial charge < -0.3 is 5.32 Å². The van der Waals surface area contributed by atoms with Gasteiger partial charge in [0, 0.05) is 23.6 Å². The zero-order valence-corrected chi connectivity index (χ0v) is 14.2. The summed E-state index contributed by atoms with van der Waals surface area (Å²) in [6.45, 7) is 3.96. The van der Waals surface area contributed by atoms with E-state index in [1.165, 1.54) is 18.1 Å². The van der Waals surface area contributed by atoms with Gasteiger partial charge in [0.15, 0.2) is 5.82 Å². The first-order chi connectivity index (χ1) is 11.6. The predicted octanol–water partition coefficient (Wildman–Crippen LogP) is 3.01. The van der Waals surface area contributed by atoms with Gasteiger partial charge in [-0.2, -0.15) is 5.10 Å². The maximum Gasteiger partial charge on any atom is 0.234 e. The highest BCUT2D eigenvalue weighted by Gasteiger charge is 2.08. The van der Waals surface area contributed by atoms with E-state index in [-0.39, 0.29) is 11.7 Å². The summed E-state index contributed by atoms with van der Waals surface area (Å²) in [6.07, 6.45) is 3.20. The van der Waals surface area contributed by atoms with Crippen LogP contribution in [0.25, 0.3) is 5.82 Å². The van der Waals surface area contributed by atoms with Crippen LogP contribution in [-0.2, 0) is 4.79 Å². The molecule has 0 saturated carbocycles. The molecule has 1 amide bonds. The lowest BCUT2D eigenvalue weighted by molar-refractivity contribution is -0.113. The number of benzene rings is 1. The third kappa shape index (κ3) is 3.99. The first kappa shape index (κ1) is 16.2. The number of anilines is 1. The summed E-state index contributed by atoms with van der Waals surface area (Å²) in [6, 6.07) is 11.4. The summed E-state index contributed by atoms with van der Waals surface area (Å²) in [7, 11) is 0. The molecule has 0 unspecified atom stereocenters. The highest BCUT2D eigenvalue weighted by molar-refractivity contribution is 7.99. The molecule has 24 heavy (non-hydrogen) atoms. The fourth-order valence-electron chi connectivity index (χ4n) is 2.11. The highest BCUT2D eigenvalue weighted by atomic mass is 32.2. The Bertz CT molecular complexity index is 844. The summed E-state index contributed by atoms with van der Waals surface area (Å²) in [5.41, 5.74) is 2.94. The van der Waals surface area contributed by atoms with Crippen LogP contribution in [0.3, 0.4) is 0 Å². The number of thioether (sulfide) groups is 1. The van der Waals surface area contributed by atoms with Crippen molar-refractivity contribution in [3.8, 4) is 5.82 Å². The van der Waals surface area contributed by atoms with E-state index in [1.54, 1.807) is 10.9 Å². The molecule has 1 aromatic carbocycles. The fourth-order valence-corrected chi connectivity index (χ4v) is 2.77. The van der Waals surface area contributed by atoms with Crippen LogP contribution in [-0.4, -0.2) is 31.4 Å². The molecule has 2 heterocycles. The molecule has 0 saturated heterocycles. The van der Waals surface area contributed by atoms with Gasteiger partial charge in [0.05, 0.1) is 5.75 Å². The van der Waals surface area contributed by atoms with Crippen LogP contribution >= 0.6 is 11.8 Å². The van der Waals surface area contributed by atoms with Gasteiger partial charge in [0.25, 0.3) is 0 Å². The van der Waals surface area contributed by atoms with Gasteiger partial charge in [0.1, 0.15) is 11.4 Å². The Hall–Kier alpha value is -2.67. The normalized spacial score (nSPS) is 10.6. The molecule has 6 nitrogen and oxygen atoms in total. The van der Waals surface area contributed by atoms with E-state index in [2.05, 4.69) is 20.4 Å². The van der Waals surface area contributed by atoms with Crippen LogP contribution in [0.15, 0.2) is 53.9 Å². The van der Waals surface area contributed by atoms with E-state index in [0.717, 1.165) is 22.0 Å². The molecule has 7 heteroatoms. The Morgan fingerprint density at radius 3 is 2.67 bits per heavy atom. The minimum absolute atomic E-state index is 0.0701. The lowest BCUT2D eigenvalue weighted by atomic mass is 10.2. The van der Waals surface area contributed by atoms with E-state index < -0.39 is 0 Å². The number of aromatic nitrogens is 4. The van der Waals surface area contributed by atoms with Crippen LogP contribution < -0.4 is 5.32 Å². The van der Waals surface area contributed by atoms with Crippen molar-refractivity contribution in [1.29, 1.82) is 0 Å². The topological polar surface area (TPSA) is 72.7 Å². The Morgan fingerprint density at radius 2 is 1.96 bits per heavy atom. The van der Waals surface area contributed by atoms with Crippen LogP contribution in [0.1, 0.15) is 11.3 Å². The van der Waals surface area contributed by atoms with Crippen molar-refractivity contribution in [1.82, 2.24) is 19.7 Å². The molecule has 2 aromatic heterocycles. The third-order valence-electron chi connectivity index (χ3n) is 3.36. The summed E-state index contributed by atoms with van der Waals surface area (Å²) in [4.78, 5) is 20.5. The molecule has 0 atom stereocenters. The quantitative estimate of drug-likeness (QED) is 0.571. The van der Waals surface area contributed by atoms with Gasteiger partial charge in [-0.15, -0.1) is 0 Å². The third-order valence-corrected chi connectivity index (χ3v) is 4.29. The van der Waals surface area contributed by atoms with Crippen molar-refractivity contribution in [2.75, 3.05) is 11.1 Å². The standard InChI is InChI=1S/C17H17N5OS/c1-12-3-5-14(6-4-12)21-16(23)10-24-17-9-15(18-11-19-17)22-13(2)7-8-20-22/h3-9,11H,10H2,1-2H3,(H,21,23). The van der Waals surface area contributed by atoms with Crippen molar-refractivity contribution < 1.29 is 4.79 Å². The monoisotopic (exact) mass is 339 g/mol. The number of hydrogen-bond donors (Lipinski definition) is 1. The molecule has 3 rings (SSSR count). The summed E-state index contributed by atoms with van der Waals surface area (Å²) in [5, 5.41) is 7.82. The van der Waals surface area contributed by atoms with Crippen LogP contribution in [0.2, 0.25) is 0 Å². The minimum atomic E-state index is -0.0701. The Balaban J connectivity index is 1.61. The summed E-state index contributed by atoms with van der Waals surface area (Å²) < 4.78 is 1.73. The number of rotatable bonds is 5. The van der Waals surface area contributed by atoms with E-state index in [1.807, 2.05) is 50.2 Å². The number of hydrogen-bond acceptors (Lipinski definition) is 5. The van der Waals surface area contributed by atoms with E-state index in [4.69, 9.17) is 0 Å². The van der Waals surface area contributed by atoms with Crippen molar-refractivity contribution in [3.63, 3.8) is 0 Å². The van der Waals surface area contributed by atoms with Crippen LogP contribution in [0.4, 0.5) is 5.69 Å². The van der Waals surface area contributed by atoms with Crippen molar-refractivity contribution >= 4 is 23.4 Å². The van der Waals surface area contributed by atoms with Gasteiger partial charge in [0.2, 0.25) is 5.91 Å². The Labute approximate surface area is 144 Å². The van der Waals surface area contributed by atoms with Crippen molar-refractivity contribution in [3.05, 3.63) is 60.2 Å². The van der Waals surface area contributed by atoms with Gasteiger partial charge in [-0.3, -0.25) is 4.79 Å². The van der Waals surface area contributed by atoms with Gasteiger partial charge in [-0.25, -0.2) is 14.6 Å². The Morgan fingerprint density at radius 1 is 1.17 bits per heavy atom. The number of nitrogens with zero attached hydrogens (tertiary/aromatic N) is 4. The summed E-state index contributed by atoms with van der Waals surface area (Å²) >= 11 is 1.36. The Kier molecular flexibility index (Phi) is 4.90. The second-order valence-electron chi connectivity index (χ2n) is 5.30. The van der Waals surface area contributed by atoms with Crippen LogP contribution in [0, 0.1) is 13.8 Å². The van der Waals surface area contributed by atoms with E-state index in [9.17, 15) is 4.79 Å². The lowest BCUT2D eigenvalue weighted by Crippen LogP contribution is -2.14. The van der Waals surface area contributed by atoms with Crippen molar-refractivity contribution in [2.45, 2.75) is 18.9 Å². The number of carbonyl (C=O) groups excluding carboxylic acids is 1. The van der Waals surface area contributed by atoms with Crippen molar-refractivity contribution in [2.24, 2.45) is 0 Å². The highest BCUT2D eigenvalue weighted by Crippen LogP contribution is 2.18. The first-order valence-electron chi connectivity index (χ1n) is 7.44. The maximum atomic E-state index is 12.0. The molecule has 0 spiro atoms. The lowest BCUT2D eigenvalue weighted by Gasteiger charge is -2.07. The molecule has 0 aliphatic carbocycles. The van der Waals surface area contributed by atoms with Gasteiger partial charge in [-0.1, -0.05) is 29.5 Å². The fraction of sp³-hybridized carbons (Fsp3) is 0.176. The zero-order chi connectivity index (χ0) is 16.9. The molecule has 1 N–H and O–H groups in total. The molecule has 3 aromatic rings.